The molecule has 7 heteroatoms. The van der Waals surface area contributed by atoms with Crippen molar-refractivity contribution in [1.29, 1.82) is 0 Å². The summed E-state index contributed by atoms with van der Waals surface area (Å²) in [4.78, 5) is 21.2. The summed E-state index contributed by atoms with van der Waals surface area (Å²) in [5.74, 6) is -1.53. The zero-order chi connectivity index (χ0) is 19.9. The number of carbonyl (C=O) groups excluding carboxylic acids is 1. The van der Waals surface area contributed by atoms with Gasteiger partial charge in [0.2, 0.25) is 0 Å². The van der Waals surface area contributed by atoms with E-state index < -0.39 is 29.5 Å². The molecule has 4 rings (SSSR count). The Morgan fingerprint density at radius 2 is 1.71 bits per heavy atom. The van der Waals surface area contributed by atoms with Crippen molar-refractivity contribution in [2.75, 3.05) is 0 Å². The summed E-state index contributed by atoms with van der Waals surface area (Å²) in [6.07, 6.45) is -4.08. The van der Waals surface area contributed by atoms with Crippen molar-refractivity contribution >= 4 is 17.0 Å². The van der Waals surface area contributed by atoms with E-state index in [4.69, 9.17) is 4.74 Å². The van der Waals surface area contributed by atoms with Gasteiger partial charge in [0, 0.05) is 0 Å². The molecular weight excluding hydrogens is 369 g/mol. The van der Waals surface area contributed by atoms with Gasteiger partial charge < -0.3 is 4.74 Å². The van der Waals surface area contributed by atoms with Crippen LogP contribution in [0.3, 0.4) is 0 Å². The normalized spacial score (nSPS) is 18.9. The first-order chi connectivity index (χ1) is 13.3. The van der Waals surface area contributed by atoms with Gasteiger partial charge in [-0.15, -0.1) is 0 Å². The lowest BCUT2D eigenvalue weighted by Crippen LogP contribution is -2.12. The molecule has 1 aliphatic rings. The summed E-state index contributed by atoms with van der Waals surface area (Å²) < 4.78 is 44.9. The zero-order valence-electron chi connectivity index (χ0n) is 15.0. The van der Waals surface area contributed by atoms with Crippen LogP contribution in [0.1, 0.15) is 34.9 Å². The topological polar surface area (TPSA) is 52.1 Å². The molecule has 1 heterocycles. The summed E-state index contributed by atoms with van der Waals surface area (Å²) in [5, 5.41) is 0. The monoisotopic (exact) mass is 386 g/mol. The molecule has 0 N–H and O–H groups in total. The summed E-state index contributed by atoms with van der Waals surface area (Å²) in [6.45, 7) is 1.73. The maximum atomic E-state index is 13.2. The Morgan fingerprint density at radius 3 is 2.43 bits per heavy atom. The molecule has 1 aromatic heterocycles. The largest absolute Gasteiger partial charge is 0.459 e. The molecule has 28 heavy (non-hydrogen) atoms. The number of nitrogens with zero attached hydrogens (tertiary/aromatic N) is 2. The molecule has 0 spiro atoms. The van der Waals surface area contributed by atoms with Crippen molar-refractivity contribution in [1.82, 2.24) is 9.97 Å². The first kappa shape index (κ1) is 18.4. The number of esters is 1. The highest BCUT2D eigenvalue weighted by molar-refractivity contribution is 5.78. The van der Waals surface area contributed by atoms with Crippen LogP contribution in [0.4, 0.5) is 13.2 Å². The third-order valence-electron chi connectivity index (χ3n) is 4.95. The first-order valence-corrected chi connectivity index (χ1v) is 8.89. The molecule has 144 valence electrons. The van der Waals surface area contributed by atoms with Crippen LogP contribution in [-0.2, 0) is 22.3 Å². The van der Waals surface area contributed by atoms with Crippen molar-refractivity contribution in [3.63, 3.8) is 0 Å². The Hall–Kier alpha value is -2.96. The smallest absolute Gasteiger partial charge is 0.416 e. The van der Waals surface area contributed by atoms with Crippen LogP contribution in [0, 0.1) is 12.8 Å². The minimum Gasteiger partial charge on any atom is -0.459 e. The van der Waals surface area contributed by atoms with E-state index in [9.17, 15) is 18.0 Å². The van der Waals surface area contributed by atoms with Gasteiger partial charge in [0.15, 0.2) is 0 Å². The molecule has 1 fully saturated rings. The number of aromatic nitrogens is 2. The van der Waals surface area contributed by atoms with E-state index in [-0.39, 0.29) is 12.2 Å². The number of fused-ring (bicyclic) bond motifs is 1. The number of aryl methyl sites for hydroxylation is 1. The van der Waals surface area contributed by atoms with Crippen molar-refractivity contribution in [3.8, 4) is 0 Å². The van der Waals surface area contributed by atoms with Crippen LogP contribution in [0.15, 0.2) is 48.5 Å². The predicted molar refractivity (Wildman–Crippen MR) is 96.4 cm³/mol. The van der Waals surface area contributed by atoms with Gasteiger partial charge in [0.05, 0.1) is 33.9 Å². The fourth-order valence-electron chi connectivity index (χ4n) is 3.39. The van der Waals surface area contributed by atoms with E-state index in [0.29, 0.717) is 23.3 Å². The van der Waals surface area contributed by atoms with Crippen molar-refractivity contribution in [3.05, 3.63) is 71.0 Å². The van der Waals surface area contributed by atoms with E-state index in [2.05, 4.69) is 9.97 Å². The molecule has 1 saturated carbocycles. The van der Waals surface area contributed by atoms with Gasteiger partial charge in [-0.1, -0.05) is 30.3 Å². The van der Waals surface area contributed by atoms with Crippen molar-refractivity contribution < 1.29 is 22.7 Å². The van der Waals surface area contributed by atoms with Gasteiger partial charge in [-0.25, -0.2) is 9.97 Å². The molecular formula is C21H17F3N2O2. The Morgan fingerprint density at radius 1 is 1.07 bits per heavy atom. The highest BCUT2D eigenvalue weighted by Gasteiger charge is 2.48. The third kappa shape index (κ3) is 3.56. The Bertz CT molecular complexity index is 1050. The quantitative estimate of drug-likeness (QED) is 0.604. The van der Waals surface area contributed by atoms with Crippen LogP contribution >= 0.6 is 0 Å². The number of alkyl halides is 3. The Balaban J connectivity index is 1.45. The van der Waals surface area contributed by atoms with E-state index in [1.807, 2.05) is 24.3 Å². The molecule has 0 aliphatic heterocycles. The number of rotatable bonds is 4. The minimum absolute atomic E-state index is 0.0490. The van der Waals surface area contributed by atoms with Crippen LogP contribution < -0.4 is 0 Å². The molecule has 0 unspecified atom stereocenters. The average molecular weight is 386 g/mol. The molecule has 2 atom stereocenters. The van der Waals surface area contributed by atoms with Gasteiger partial charge in [-0.2, -0.15) is 13.2 Å². The standard InChI is InChI=1S/C21H17F3N2O2/c1-12-19(26-18-9-5-4-8-17(18)25-12)11-28-20(27)15-10-14(15)13-6-2-3-7-16(13)21(22,23)24/h2-9,14-15H,10-11H2,1H3/t14-,15+/m0/s1. The molecule has 0 bridgehead atoms. The summed E-state index contributed by atoms with van der Waals surface area (Å²) in [5.41, 5.74) is 2.11. The van der Waals surface area contributed by atoms with E-state index in [1.165, 1.54) is 12.1 Å². The van der Waals surface area contributed by atoms with E-state index >= 15 is 0 Å². The molecule has 0 saturated heterocycles. The minimum atomic E-state index is -4.44. The average Bonchev–Trinajstić information content (AvgIpc) is 3.46. The predicted octanol–water partition coefficient (Wildman–Crippen LogP) is 4.80. The number of halogens is 3. The van der Waals surface area contributed by atoms with Crippen LogP contribution in [0.2, 0.25) is 0 Å². The SMILES string of the molecule is Cc1nc2ccccc2nc1COC(=O)[C@@H]1C[C@H]1c1ccccc1C(F)(F)F. The molecule has 4 nitrogen and oxygen atoms in total. The van der Waals surface area contributed by atoms with Gasteiger partial charge >= 0.3 is 12.1 Å². The molecule has 3 aromatic rings. The molecule has 0 amide bonds. The summed E-state index contributed by atoms with van der Waals surface area (Å²) in [7, 11) is 0. The number of ether oxygens (including phenoxy) is 1. The Labute approximate surface area is 159 Å². The first-order valence-electron chi connectivity index (χ1n) is 8.89. The number of hydrogen-bond donors (Lipinski definition) is 0. The third-order valence-corrected chi connectivity index (χ3v) is 4.95. The Kier molecular flexibility index (Phi) is 4.53. The fourth-order valence-corrected chi connectivity index (χ4v) is 3.39. The zero-order valence-corrected chi connectivity index (χ0v) is 15.0. The van der Waals surface area contributed by atoms with Crippen LogP contribution in [-0.4, -0.2) is 15.9 Å². The summed E-state index contributed by atoms with van der Waals surface area (Å²) >= 11 is 0. The van der Waals surface area contributed by atoms with Crippen LogP contribution in [0.25, 0.3) is 11.0 Å². The lowest BCUT2D eigenvalue weighted by molar-refractivity contribution is -0.147. The van der Waals surface area contributed by atoms with E-state index in [0.717, 1.165) is 11.6 Å². The highest BCUT2D eigenvalue weighted by atomic mass is 19.4. The molecule has 2 aromatic carbocycles. The second-order valence-corrected chi connectivity index (χ2v) is 6.89. The number of hydrogen-bond acceptors (Lipinski definition) is 4. The number of para-hydroxylation sites is 2. The lowest BCUT2D eigenvalue weighted by atomic mass is 10.0. The second-order valence-electron chi connectivity index (χ2n) is 6.89. The number of carbonyl (C=O) groups is 1. The fraction of sp³-hybridized carbons (Fsp3) is 0.286. The maximum Gasteiger partial charge on any atom is 0.416 e. The van der Waals surface area contributed by atoms with E-state index in [1.54, 1.807) is 13.0 Å². The molecule has 1 aliphatic carbocycles. The maximum absolute atomic E-state index is 13.2. The molecule has 0 radical (unpaired) electrons. The van der Waals surface area contributed by atoms with Gasteiger partial charge in [0.25, 0.3) is 0 Å². The van der Waals surface area contributed by atoms with Gasteiger partial charge in [0.1, 0.15) is 6.61 Å². The van der Waals surface area contributed by atoms with Gasteiger partial charge in [-0.05, 0) is 43.0 Å². The van der Waals surface area contributed by atoms with Crippen molar-refractivity contribution in [2.45, 2.75) is 32.0 Å². The highest BCUT2D eigenvalue weighted by Crippen LogP contribution is 2.51. The van der Waals surface area contributed by atoms with Gasteiger partial charge in [-0.3, -0.25) is 4.79 Å². The second kappa shape index (κ2) is 6.89. The number of benzene rings is 2. The lowest BCUT2D eigenvalue weighted by Gasteiger charge is -2.12. The summed E-state index contributed by atoms with van der Waals surface area (Å²) in [6, 6.07) is 12.7. The van der Waals surface area contributed by atoms with Crippen molar-refractivity contribution in [2.24, 2.45) is 5.92 Å². The van der Waals surface area contributed by atoms with Crippen LogP contribution in [0.5, 0.6) is 0 Å².